The average Bonchev–Trinajstić information content (AvgIpc) is 2.86. The Balaban J connectivity index is 1.90. The average molecular weight is 299 g/mol. The lowest BCUT2D eigenvalue weighted by atomic mass is 9.89. The second-order valence-corrected chi connectivity index (χ2v) is 6.50. The molecule has 0 unspecified atom stereocenters. The molecule has 0 radical (unpaired) electrons. The normalized spacial score (nSPS) is 17.3. The highest BCUT2D eigenvalue weighted by molar-refractivity contribution is 5.67. The fourth-order valence-corrected chi connectivity index (χ4v) is 3.43. The molecule has 0 aliphatic carbocycles. The van der Waals surface area contributed by atoms with Crippen LogP contribution >= 0.6 is 0 Å². The molecule has 5 heteroatoms. The number of hydrogen-bond acceptors (Lipinski definition) is 4. The quantitative estimate of drug-likeness (QED) is 0.946. The fourth-order valence-electron chi connectivity index (χ4n) is 3.43. The third-order valence-corrected chi connectivity index (χ3v) is 4.74. The molecule has 1 aliphatic heterocycles. The van der Waals surface area contributed by atoms with Crippen LogP contribution in [0.1, 0.15) is 49.7 Å². The Bertz CT molecular complexity index is 619. The van der Waals surface area contributed by atoms with Crippen molar-refractivity contribution < 1.29 is 0 Å². The monoisotopic (exact) mass is 299 g/mol. The van der Waals surface area contributed by atoms with Crippen LogP contribution in [0.4, 0.5) is 0 Å². The molecule has 0 atom stereocenters. The van der Waals surface area contributed by atoms with Gasteiger partial charge in [-0.2, -0.15) is 5.10 Å². The van der Waals surface area contributed by atoms with Crippen LogP contribution in [-0.4, -0.2) is 44.2 Å². The van der Waals surface area contributed by atoms with Crippen molar-refractivity contribution >= 4 is 0 Å². The summed E-state index contributed by atoms with van der Waals surface area (Å²) in [5.74, 6) is 0.493. The van der Waals surface area contributed by atoms with E-state index < -0.39 is 0 Å². The minimum Gasteiger partial charge on any atom is -0.301 e. The van der Waals surface area contributed by atoms with E-state index in [2.05, 4.69) is 45.8 Å². The van der Waals surface area contributed by atoms with Crippen LogP contribution in [0, 0.1) is 13.8 Å². The number of likely N-dealkylation sites (tertiary alicyclic amines) is 1. The first-order valence-corrected chi connectivity index (χ1v) is 8.14. The summed E-state index contributed by atoms with van der Waals surface area (Å²) >= 11 is 0. The Morgan fingerprint density at radius 3 is 2.41 bits per heavy atom. The first-order valence-electron chi connectivity index (χ1n) is 8.14. The van der Waals surface area contributed by atoms with Gasteiger partial charge in [-0.1, -0.05) is 0 Å². The Kier molecular flexibility index (Phi) is 4.25. The number of H-pyrrole nitrogens is 1. The molecule has 3 heterocycles. The van der Waals surface area contributed by atoms with E-state index in [1.54, 1.807) is 6.20 Å². The van der Waals surface area contributed by atoms with E-state index in [0.29, 0.717) is 12.0 Å². The third-order valence-electron chi connectivity index (χ3n) is 4.74. The maximum atomic E-state index is 4.69. The van der Waals surface area contributed by atoms with Gasteiger partial charge in [-0.25, -0.2) is 0 Å². The van der Waals surface area contributed by atoms with Crippen molar-refractivity contribution in [2.75, 3.05) is 13.1 Å². The van der Waals surface area contributed by atoms with Crippen LogP contribution in [0.3, 0.4) is 0 Å². The molecule has 2 aromatic heterocycles. The van der Waals surface area contributed by atoms with E-state index in [0.717, 1.165) is 54.3 Å². The predicted octanol–water partition coefficient (Wildman–Crippen LogP) is 3.07. The molecule has 0 aromatic carbocycles. The Labute approximate surface area is 132 Å². The largest absolute Gasteiger partial charge is 0.301 e. The SMILES string of the molecule is Cc1n[nH]c(C)c1-c1nccnc1C1CCN(C(C)C)CC1. The predicted molar refractivity (Wildman–Crippen MR) is 87.8 cm³/mol. The highest BCUT2D eigenvalue weighted by Crippen LogP contribution is 2.34. The number of nitrogens with one attached hydrogen (secondary N) is 1. The molecule has 0 spiro atoms. The van der Waals surface area contributed by atoms with Crippen LogP contribution in [0.15, 0.2) is 12.4 Å². The van der Waals surface area contributed by atoms with Crippen LogP contribution in [0.25, 0.3) is 11.3 Å². The molecule has 1 fully saturated rings. The second kappa shape index (κ2) is 6.16. The van der Waals surface area contributed by atoms with E-state index in [4.69, 9.17) is 0 Å². The molecule has 1 N–H and O–H groups in total. The molecule has 1 saturated heterocycles. The van der Waals surface area contributed by atoms with Gasteiger partial charge in [0.1, 0.15) is 0 Å². The van der Waals surface area contributed by atoms with Crippen LogP contribution < -0.4 is 0 Å². The number of hydrogen-bond donors (Lipinski definition) is 1. The Hall–Kier alpha value is -1.75. The summed E-state index contributed by atoms with van der Waals surface area (Å²) in [4.78, 5) is 11.9. The maximum Gasteiger partial charge on any atom is 0.0957 e. The summed E-state index contributed by atoms with van der Waals surface area (Å²) in [5.41, 5.74) is 5.33. The number of rotatable bonds is 3. The summed E-state index contributed by atoms with van der Waals surface area (Å²) in [6.45, 7) is 10.9. The second-order valence-electron chi connectivity index (χ2n) is 6.50. The van der Waals surface area contributed by atoms with Crippen molar-refractivity contribution in [1.82, 2.24) is 25.1 Å². The summed E-state index contributed by atoms with van der Waals surface area (Å²) in [5, 5.41) is 7.37. The number of nitrogens with zero attached hydrogens (tertiary/aromatic N) is 4. The fraction of sp³-hybridized carbons (Fsp3) is 0.588. The summed E-state index contributed by atoms with van der Waals surface area (Å²) < 4.78 is 0. The highest BCUT2D eigenvalue weighted by Gasteiger charge is 2.26. The maximum absolute atomic E-state index is 4.69. The van der Waals surface area contributed by atoms with Gasteiger partial charge in [0.2, 0.25) is 0 Å². The van der Waals surface area contributed by atoms with Gasteiger partial charge in [0.25, 0.3) is 0 Å². The number of aromatic amines is 1. The van der Waals surface area contributed by atoms with Gasteiger partial charge in [-0.3, -0.25) is 15.1 Å². The Morgan fingerprint density at radius 2 is 1.82 bits per heavy atom. The lowest BCUT2D eigenvalue weighted by Gasteiger charge is -2.34. The number of aromatic nitrogens is 4. The summed E-state index contributed by atoms with van der Waals surface area (Å²) in [6, 6.07) is 0.626. The third kappa shape index (κ3) is 2.77. The molecular weight excluding hydrogens is 274 g/mol. The van der Waals surface area contributed by atoms with Crippen LogP contribution in [0.2, 0.25) is 0 Å². The van der Waals surface area contributed by atoms with E-state index in [-0.39, 0.29) is 0 Å². The van der Waals surface area contributed by atoms with Crippen molar-refractivity contribution in [2.45, 2.75) is 52.5 Å². The lowest BCUT2D eigenvalue weighted by Crippen LogP contribution is -2.38. The summed E-state index contributed by atoms with van der Waals surface area (Å²) in [6.07, 6.45) is 5.91. The molecule has 0 amide bonds. The van der Waals surface area contributed by atoms with Gasteiger partial charge >= 0.3 is 0 Å². The molecule has 0 bridgehead atoms. The van der Waals surface area contributed by atoms with Gasteiger partial charge in [0, 0.05) is 35.6 Å². The van der Waals surface area contributed by atoms with E-state index in [1.807, 2.05) is 13.1 Å². The molecule has 1 aliphatic rings. The van der Waals surface area contributed by atoms with Crippen molar-refractivity contribution in [2.24, 2.45) is 0 Å². The first kappa shape index (κ1) is 15.2. The number of aryl methyl sites for hydroxylation is 2. The Morgan fingerprint density at radius 1 is 1.14 bits per heavy atom. The minimum absolute atomic E-state index is 0.493. The molecule has 5 nitrogen and oxygen atoms in total. The lowest BCUT2D eigenvalue weighted by molar-refractivity contribution is 0.171. The van der Waals surface area contributed by atoms with Crippen molar-refractivity contribution in [3.63, 3.8) is 0 Å². The number of piperidine rings is 1. The van der Waals surface area contributed by atoms with Gasteiger partial charge in [-0.05, 0) is 53.6 Å². The smallest absolute Gasteiger partial charge is 0.0957 e. The van der Waals surface area contributed by atoms with E-state index in [9.17, 15) is 0 Å². The molecule has 2 aromatic rings. The molecule has 3 rings (SSSR count). The van der Waals surface area contributed by atoms with Crippen molar-refractivity contribution in [1.29, 1.82) is 0 Å². The van der Waals surface area contributed by atoms with Crippen LogP contribution in [0.5, 0.6) is 0 Å². The van der Waals surface area contributed by atoms with Gasteiger partial charge < -0.3 is 4.90 Å². The highest BCUT2D eigenvalue weighted by atomic mass is 15.2. The summed E-state index contributed by atoms with van der Waals surface area (Å²) in [7, 11) is 0. The standard InChI is InChI=1S/C17H25N5/c1-11(2)22-9-5-14(6-10-22)16-17(19-8-7-18-16)15-12(3)20-21-13(15)4/h7-8,11,14H,5-6,9-10H2,1-4H3,(H,20,21). The van der Waals surface area contributed by atoms with Gasteiger partial charge in [-0.15, -0.1) is 0 Å². The zero-order valence-electron chi connectivity index (χ0n) is 13.9. The molecule has 0 saturated carbocycles. The van der Waals surface area contributed by atoms with Gasteiger partial charge in [0.15, 0.2) is 0 Å². The van der Waals surface area contributed by atoms with Crippen LogP contribution in [-0.2, 0) is 0 Å². The van der Waals surface area contributed by atoms with Gasteiger partial charge in [0.05, 0.1) is 17.1 Å². The zero-order valence-corrected chi connectivity index (χ0v) is 13.9. The molecule has 118 valence electrons. The van der Waals surface area contributed by atoms with E-state index >= 15 is 0 Å². The van der Waals surface area contributed by atoms with Crippen molar-refractivity contribution in [3.8, 4) is 11.3 Å². The first-order chi connectivity index (χ1) is 10.6. The minimum atomic E-state index is 0.493. The van der Waals surface area contributed by atoms with Crippen molar-refractivity contribution in [3.05, 3.63) is 29.5 Å². The molecular formula is C17H25N5. The molecule has 22 heavy (non-hydrogen) atoms. The zero-order chi connectivity index (χ0) is 15.7. The topological polar surface area (TPSA) is 57.7 Å². The van der Waals surface area contributed by atoms with E-state index in [1.165, 1.54) is 0 Å².